The Balaban J connectivity index is 2.26. The Bertz CT molecular complexity index is 630. The van der Waals surface area contributed by atoms with Gasteiger partial charge in [-0.25, -0.2) is 4.79 Å². The number of hydrogen-bond donors (Lipinski definition) is 1. The molecule has 0 radical (unpaired) electrons. The van der Waals surface area contributed by atoms with Gasteiger partial charge in [0.2, 0.25) is 0 Å². The molecule has 6 heteroatoms. The number of pyridine rings is 1. The van der Waals surface area contributed by atoms with Crippen molar-refractivity contribution in [2.24, 2.45) is 0 Å². The summed E-state index contributed by atoms with van der Waals surface area (Å²) in [5.41, 5.74) is 0.883. The van der Waals surface area contributed by atoms with Crippen LogP contribution in [-0.2, 0) is 6.61 Å². The van der Waals surface area contributed by atoms with Gasteiger partial charge in [-0.1, -0.05) is 6.07 Å². The van der Waals surface area contributed by atoms with Crippen LogP contribution in [0, 0.1) is 0 Å². The number of benzene rings is 1. The number of carbonyl (C=O) groups is 1. The molecule has 0 fully saturated rings. The first kappa shape index (κ1) is 14.3. The molecular weight excluding hydrogens is 326 g/mol. The van der Waals surface area contributed by atoms with E-state index < -0.39 is 5.97 Å². The number of halogens is 1. The molecule has 2 aromatic rings. The molecule has 0 saturated carbocycles. The molecule has 20 heavy (non-hydrogen) atoms. The van der Waals surface area contributed by atoms with Crippen molar-refractivity contribution in [2.75, 3.05) is 7.11 Å². The van der Waals surface area contributed by atoms with Gasteiger partial charge in [-0.2, -0.15) is 0 Å². The number of carboxylic acids is 1. The third-order valence-electron chi connectivity index (χ3n) is 2.57. The number of ether oxygens (including phenoxy) is 2. The van der Waals surface area contributed by atoms with Crippen LogP contribution in [0.2, 0.25) is 0 Å². The van der Waals surface area contributed by atoms with E-state index >= 15 is 0 Å². The highest BCUT2D eigenvalue weighted by Gasteiger charge is 2.16. The van der Waals surface area contributed by atoms with E-state index in [9.17, 15) is 9.90 Å². The SMILES string of the molecule is COc1cccc(C(=O)O)c1OCc1cncc(Br)c1. The lowest BCUT2D eigenvalue weighted by molar-refractivity contribution is 0.0691. The summed E-state index contributed by atoms with van der Waals surface area (Å²) in [4.78, 5) is 15.2. The van der Waals surface area contributed by atoms with Crippen LogP contribution < -0.4 is 9.47 Å². The zero-order valence-corrected chi connectivity index (χ0v) is 12.3. The van der Waals surface area contributed by atoms with Crippen LogP contribution in [0.3, 0.4) is 0 Å². The van der Waals surface area contributed by atoms with Crippen LogP contribution in [0.4, 0.5) is 0 Å². The largest absolute Gasteiger partial charge is 0.493 e. The van der Waals surface area contributed by atoms with Crippen LogP contribution in [0.15, 0.2) is 41.1 Å². The van der Waals surface area contributed by atoms with Crippen LogP contribution in [-0.4, -0.2) is 23.2 Å². The topological polar surface area (TPSA) is 68.7 Å². The van der Waals surface area contributed by atoms with Crippen molar-refractivity contribution in [2.45, 2.75) is 6.61 Å². The van der Waals surface area contributed by atoms with Crippen LogP contribution in [0.25, 0.3) is 0 Å². The molecule has 0 atom stereocenters. The van der Waals surface area contributed by atoms with E-state index in [0.29, 0.717) is 5.75 Å². The number of aromatic nitrogens is 1. The van der Waals surface area contributed by atoms with Crippen molar-refractivity contribution in [3.05, 3.63) is 52.3 Å². The average molecular weight is 338 g/mol. The van der Waals surface area contributed by atoms with Crippen molar-refractivity contribution in [3.8, 4) is 11.5 Å². The molecule has 0 aliphatic heterocycles. The quantitative estimate of drug-likeness (QED) is 0.907. The van der Waals surface area contributed by atoms with Gasteiger partial charge in [-0.05, 0) is 34.1 Å². The Morgan fingerprint density at radius 1 is 1.40 bits per heavy atom. The van der Waals surface area contributed by atoms with Gasteiger partial charge < -0.3 is 14.6 Å². The molecule has 1 heterocycles. The van der Waals surface area contributed by atoms with E-state index in [0.717, 1.165) is 10.0 Å². The minimum Gasteiger partial charge on any atom is -0.493 e. The van der Waals surface area contributed by atoms with Crippen molar-refractivity contribution >= 4 is 21.9 Å². The first-order valence-electron chi connectivity index (χ1n) is 5.74. The van der Waals surface area contributed by atoms with Crippen molar-refractivity contribution in [1.82, 2.24) is 4.98 Å². The summed E-state index contributed by atoms with van der Waals surface area (Å²) in [6, 6.07) is 6.58. The van der Waals surface area contributed by atoms with E-state index in [1.54, 1.807) is 24.5 Å². The molecule has 1 N–H and O–H groups in total. The molecule has 1 aromatic carbocycles. The first-order valence-corrected chi connectivity index (χ1v) is 6.53. The second kappa shape index (κ2) is 6.38. The molecule has 0 unspecified atom stereocenters. The van der Waals surface area contributed by atoms with Gasteiger partial charge in [-0.3, -0.25) is 4.98 Å². The van der Waals surface area contributed by atoms with Gasteiger partial charge in [0.25, 0.3) is 0 Å². The van der Waals surface area contributed by atoms with E-state index in [2.05, 4.69) is 20.9 Å². The third-order valence-corrected chi connectivity index (χ3v) is 3.01. The normalized spacial score (nSPS) is 10.1. The molecule has 0 aliphatic rings. The number of carboxylic acid groups (broad SMARTS) is 1. The van der Waals surface area contributed by atoms with Crippen molar-refractivity contribution < 1.29 is 19.4 Å². The summed E-state index contributed by atoms with van der Waals surface area (Å²) in [6.07, 6.45) is 3.32. The lowest BCUT2D eigenvalue weighted by atomic mass is 10.2. The summed E-state index contributed by atoms with van der Waals surface area (Å²) < 4.78 is 11.6. The van der Waals surface area contributed by atoms with Crippen LogP contribution >= 0.6 is 15.9 Å². The maximum atomic E-state index is 11.2. The molecule has 0 aliphatic carbocycles. The van der Waals surface area contributed by atoms with Gasteiger partial charge in [0.15, 0.2) is 11.5 Å². The number of methoxy groups -OCH3 is 1. The number of rotatable bonds is 5. The van der Waals surface area contributed by atoms with E-state index in [-0.39, 0.29) is 17.9 Å². The van der Waals surface area contributed by atoms with Gasteiger partial charge >= 0.3 is 5.97 Å². The van der Waals surface area contributed by atoms with Crippen LogP contribution in [0.5, 0.6) is 11.5 Å². The molecule has 5 nitrogen and oxygen atoms in total. The molecule has 104 valence electrons. The standard InChI is InChI=1S/C14H12BrNO4/c1-19-12-4-2-3-11(14(17)18)13(12)20-8-9-5-10(15)7-16-6-9/h2-7H,8H2,1H3,(H,17,18). The maximum absolute atomic E-state index is 11.2. The molecule has 0 saturated heterocycles. The lowest BCUT2D eigenvalue weighted by Gasteiger charge is -2.13. The predicted octanol–water partition coefficient (Wildman–Crippen LogP) is 3.13. The summed E-state index contributed by atoms with van der Waals surface area (Å²) >= 11 is 3.32. The molecule has 1 aromatic heterocycles. The fraction of sp³-hybridized carbons (Fsp3) is 0.143. The van der Waals surface area contributed by atoms with Gasteiger partial charge in [0.1, 0.15) is 12.2 Å². The second-order valence-corrected chi connectivity index (χ2v) is 4.86. The summed E-state index contributed by atoms with van der Waals surface area (Å²) in [7, 11) is 1.47. The van der Waals surface area contributed by atoms with Crippen LogP contribution in [0.1, 0.15) is 15.9 Å². The Morgan fingerprint density at radius 2 is 2.20 bits per heavy atom. The number of hydrogen-bond acceptors (Lipinski definition) is 4. The molecule has 0 spiro atoms. The average Bonchev–Trinajstić information content (AvgIpc) is 2.44. The minimum atomic E-state index is -1.06. The number of nitrogens with zero attached hydrogens (tertiary/aromatic N) is 1. The summed E-state index contributed by atoms with van der Waals surface area (Å²) in [6.45, 7) is 0.201. The molecular formula is C14H12BrNO4. The van der Waals surface area contributed by atoms with Gasteiger partial charge in [-0.15, -0.1) is 0 Å². The highest BCUT2D eigenvalue weighted by molar-refractivity contribution is 9.10. The predicted molar refractivity (Wildman–Crippen MR) is 76.2 cm³/mol. The fourth-order valence-corrected chi connectivity index (χ4v) is 2.10. The highest BCUT2D eigenvalue weighted by Crippen LogP contribution is 2.31. The van der Waals surface area contributed by atoms with Crippen molar-refractivity contribution in [3.63, 3.8) is 0 Å². The monoisotopic (exact) mass is 337 g/mol. The third kappa shape index (κ3) is 3.27. The second-order valence-electron chi connectivity index (χ2n) is 3.94. The number of aromatic carboxylic acids is 1. The summed E-state index contributed by atoms with van der Waals surface area (Å²) in [5.74, 6) is -0.471. The lowest BCUT2D eigenvalue weighted by Crippen LogP contribution is -2.05. The highest BCUT2D eigenvalue weighted by atomic mass is 79.9. The van der Waals surface area contributed by atoms with Gasteiger partial charge in [0, 0.05) is 22.4 Å². The zero-order chi connectivity index (χ0) is 14.5. The molecule has 2 rings (SSSR count). The maximum Gasteiger partial charge on any atom is 0.339 e. The summed E-state index contributed by atoms with van der Waals surface area (Å²) in [5, 5.41) is 9.17. The van der Waals surface area contributed by atoms with E-state index in [4.69, 9.17) is 9.47 Å². The Labute approximate surface area is 124 Å². The molecule has 0 bridgehead atoms. The Kier molecular flexibility index (Phi) is 4.57. The zero-order valence-electron chi connectivity index (χ0n) is 10.7. The van der Waals surface area contributed by atoms with Gasteiger partial charge in [0.05, 0.1) is 7.11 Å². The Morgan fingerprint density at radius 3 is 2.85 bits per heavy atom. The van der Waals surface area contributed by atoms with Crippen molar-refractivity contribution in [1.29, 1.82) is 0 Å². The van der Waals surface area contributed by atoms with E-state index in [1.807, 2.05) is 6.07 Å². The fourth-order valence-electron chi connectivity index (χ4n) is 1.68. The number of para-hydroxylation sites is 1. The Hall–Kier alpha value is -2.08. The van der Waals surface area contributed by atoms with E-state index in [1.165, 1.54) is 13.2 Å². The minimum absolute atomic E-state index is 0.0623. The smallest absolute Gasteiger partial charge is 0.339 e. The first-order chi connectivity index (χ1) is 9.61. The molecule has 0 amide bonds.